The molecule has 0 aliphatic rings. The highest BCUT2D eigenvalue weighted by atomic mass is 16.4. The summed E-state index contributed by atoms with van der Waals surface area (Å²) in [6.07, 6.45) is 3.34. The maximum atomic E-state index is 11.4. The Morgan fingerprint density at radius 3 is 2.50 bits per heavy atom. The molecule has 0 fully saturated rings. The molecule has 16 heavy (non-hydrogen) atoms. The quantitative estimate of drug-likeness (QED) is 0.511. The first kappa shape index (κ1) is 14.9. The van der Waals surface area contributed by atoms with Crippen molar-refractivity contribution in [2.75, 3.05) is 13.6 Å². The van der Waals surface area contributed by atoms with Crippen LogP contribution in [0.2, 0.25) is 0 Å². The van der Waals surface area contributed by atoms with Gasteiger partial charge in [0.05, 0.1) is 0 Å². The number of carbonyl (C=O) groups is 2. The van der Waals surface area contributed by atoms with Crippen LogP contribution in [0.1, 0.15) is 39.0 Å². The van der Waals surface area contributed by atoms with Gasteiger partial charge in [-0.1, -0.05) is 19.8 Å². The van der Waals surface area contributed by atoms with Crippen LogP contribution in [0.25, 0.3) is 0 Å². The van der Waals surface area contributed by atoms with Crippen LogP contribution in [0.15, 0.2) is 0 Å². The molecule has 0 radical (unpaired) electrons. The minimum Gasteiger partial charge on any atom is -0.480 e. The summed E-state index contributed by atoms with van der Waals surface area (Å²) in [4.78, 5) is 22.2. The molecule has 0 aromatic carbocycles. The fourth-order valence-corrected chi connectivity index (χ4v) is 1.36. The van der Waals surface area contributed by atoms with Crippen LogP contribution in [0.5, 0.6) is 0 Å². The highest BCUT2D eigenvalue weighted by Gasteiger charge is 2.18. The van der Waals surface area contributed by atoms with E-state index >= 15 is 0 Å². The fourth-order valence-electron chi connectivity index (χ4n) is 1.36. The zero-order valence-corrected chi connectivity index (χ0v) is 10.1. The molecule has 0 saturated heterocycles. The van der Waals surface area contributed by atoms with Gasteiger partial charge >= 0.3 is 5.97 Å². The lowest BCUT2D eigenvalue weighted by atomic mass is 10.1. The van der Waals surface area contributed by atoms with Crippen LogP contribution >= 0.6 is 0 Å². The van der Waals surface area contributed by atoms with E-state index in [0.29, 0.717) is 12.8 Å². The Balaban J connectivity index is 3.88. The molecule has 3 N–H and O–H groups in total. The largest absolute Gasteiger partial charge is 0.480 e. The van der Waals surface area contributed by atoms with E-state index in [1.54, 1.807) is 0 Å². The zero-order chi connectivity index (χ0) is 12.4. The highest BCUT2D eigenvalue weighted by Crippen LogP contribution is 2.01. The van der Waals surface area contributed by atoms with Crippen molar-refractivity contribution in [3.8, 4) is 0 Å². The van der Waals surface area contributed by atoms with E-state index in [4.69, 9.17) is 5.11 Å². The molecular formula is C11H22N2O3. The monoisotopic (exact) mass is 230 g/mol. The summed E-state index contributed by atoms with van der Waals surface area (Å²) < 4.78 is 0. The fraction of sp³-hybridized carbons (Fsp3) is 0.818. The molecule has 0 saturated carbocycles. The molecule has 1 unspecified atom stereocenters. The Hall–Kier alpha value is -1.10. The van der Waals surface area contributed by atoms with Crippen molar-refractivity contribution in [1.29, 1.82) is 0 Å². The summed E-state index contributed by atoms with van der Waals surface area (Å²) in [6, 6.07) is -0.734. The minimum absolute atomic E-state index is 0.182. The van der Waals surface area contributed by atoms with Crippen molar-refractivity contribution in [1.82, 2.24) is 10.6 Å². The molecule has 94 valence electrons. The van der Waals surface area contributed by atoms with Gasteiger partial charge in [0.25, 0.3) is 0 Å². The number of unbranched alkanes of at least 4 members (excludes halogenated alkanes) is 1. The van der Waals surface area contributed by atoms with Crippen molar-refractivity contribution in [3.05, 3.63) is 0 Å². The molecule has 0 aromatic rings. The van der Waals surface area contributed by atoms with Gasteiger partial charge in [-0.25, -0.2) is 4.79 Å². The lowest BCUT2D eigenvalue weighted by Crippen LogP contribution is -2.40. The average Bonchev–Trinajstić information content (AvgIpc) is 2.24. The Labute approximate surface area is 96.6 Å². The predicted molar refractivity (Wildman–Crippen MR) is 62.3 cm³/mol. The number of carbonyl (C=O) groups excluding carboxylic acids is 1. The van der Waals surface area contributed by atoms with Crippen LogP contribution in [-0.2, 0) is 9.59 Å². The van der Waals surface area contributed by atoms with E-state index in [2.05, 4.69) is 10.6 Å². The average molecular weight is 230 g/mol. The third-order valence-electron chi connectivity index (χ3n) is 2.31. The van der Waals surface area contributed by atoms with Crippen LogP contribution in [0.3, 0.4) is 0 Å². The number of carboxylic acid groups (broad SMARTS) is 1. The third kappa shape index (κ3) is 7.23. The standard InChI is InChI=1S/C11H22N2O3/c1-3-4-6-9(11(15)16)13-10(14)7-5-8-12-2/h9,12H,3-8H2,1-2H3,(H,13,14)(H,15,16). The highest BCUT2D eigenvalue weighted by molar-refractivity contribution is 5.83. The number of nitrogens with one attached hydrogen (secondary N) is 2. The number of amides is 1. The molecule has 0 aliphatic carbocycles. The number of carboxylic acids is 1. The molecule has 5 nitrogen and oxygen atoms in total. The molecule has 0 rings (SSSR count). The lowest BCUT2D eigenvalue weighted by molar-refractivity contribution is -0.142. The topological polar surface area (TPSA) is 78.4 Å². The van der Waals surface area contributed by atoms with Gasteiger partial charge in [-0.05, 0) is 26.4 Å². The Morgan fingerprint density at radius 2 is 2.00 bits per heavy atom. The van der Waals surface area contributed by atoms with E-state index in [1.807, 2.05) is 14.0 Å². The molecule has 1 amide bonds. The van der Waals surface area contributed by atoms with Gasteiger partial charge in [0, 0.05) is 6.42 Å². The summed E-state index contributed by atoms with van der Waals surface area (Å²) in [6.45, 7) is 2.76. The van der Waals surface area contributed by atoms with Crippen molar-refractivity contribution in [2.45, 2.75) is 45.1 Å². The van der Waals surface area contributed by atoms with Gasteiger partial charge in [-0.15, -0.1) is 0 Å². The summed E-state index contributed by atoms with van der Waals surface area (Å²) in [5.41, 5.74) is 0. The van der Waals surface area contributed by atoms with Crippen LogP contribution in [0.4, 0.5) is 0 Å². The summed E-state index contributed by atoms with van der Waals surface area (Å²) in [5, 5.41) is 14.4. The van der Waals surface area contributed by atoms with E-state index in [9.17, 15) is 9.59 Å². The number of rotatable bonds is 9. The smallest absolute Gasteiger partial charge is 0.326 e. The lowest BCUT2D eigenvalue weighted by Gasteiger charge is -2.13. The molecule has 0 spiro atoms. The first-order chi connectivity index (χ1) is 7.61. The Kier molecular flexibility index (Phi) is 8.52. The van der Waals surface area contributed by atoms with E-state index in [0.717, 1.165) is 25.8 Å². The molecular weight excluding hydrogens is 208 g/mol. The summed E-state index contributed by atoms with van der Waals surface area (Å²) in [5.74, 6) is -1.13. The van der Waals surface area contributed by atoms with Gasteiger partial charge < -0.3 is 15.7 Å². The van der Waals surface area contributed by atoms with E-state index in [-0.39, 0.29) is 5.91 Å². The third-order valence-corrected chi connectivity index (χ3v) is 2.31. The molecule has 5 heteroatoms. The Bertz CT molecular complexity index is 219. The first-order valence-corrected chi connectivity index (χ1v) is 5.78. The van der Waals surface area contributed by atoms with Gasteiger partial charge in [-0.3, -0.25) is 4.79 Å². The van der Waals surface area contributed by atoms with Crippen molar-refractivity contribution in [2.24, 2.45) is 0 Å². The maximum Gasteiger partial charge on any atom is 0.326 e. The normalized spacial score (nSPS) is 12.1. The SMILES string of the molecule is CCCCC(NC(=O)CCCNC)C(=O)O. The number of aliphatic carboxylic acids is 1. The van der Waals surface area contributed by atoms with E-state index < -0.39 is 12.0 Å². The minimum atomic E-state index is -0.949. The van der Waals surface area contributed by atoms with E-state index in [1.165, 1.54) is 0 Å². The molecule has 0 bridgehead atoms. The van der Waals surface area contributed by atoms with Gasteiger partial charge in [0.2, 0.25) is 5.91 Å². The number of hydrogen-bond donors (Lipinski definition) is 3. The first-order valence-electron chi connectivity index (χ1n) is 5.78. The van der Waals surface area contributed by atoms with Crippen molar-refractivity contribution in [3.63, 3.8) is 0 Å². The summed E-state index contributed by atoms with van der Waals surface area (Å²) >= 11 is 0. The second-order valence-electron chi connectivity index (χ2n) is 3.81. The second-order valence-corrected chi connectivity index (χ2v) is 3.81. The maximum absolute atomic E-state index is 11.4. The molecule has 0 aliphatic heterocycles. The van der Waals surface area contributed by atoms with Crippen LogP contribution in [0, 0.1) is 0 Å². The zero-order valence-electron chi connectivity index (χ0n) is 10.1. The second kappa shape index (κ2) is 9.15. The molecule has 0 heterocycles. The van der Waals surface area contributed by atoms with Crippen molar-refractivity contribution < 1.29 is 14.7 Å². The van der Waals surface area contributed by atoms with Crippen molar-refractivity contribution >= 4 is 11.9 Å². The van der Waals surface area contributed by atoms with Crippen LogP contribution < -0.4 is 10.6 Å². The van der Waals surface area contributed by atoms with Gasteiger partial charge in [0.1, 0.15) is 6.04 Å². The van der Waals surface area contributed by atoms with Crippen LogP contribution in [-0.4, -0.2) is 36.6 Å². The molecule has 0 aromatic heterocycles. The summed E-state index contributed by atoms with van der Waals surface area (Å²) in [7, 11) is 1.82. The molecule has 1 atom stereocenters. The van der Waals surface area contributed by atoms with Gasteiger partial charge in [0.15, 0.2) is 0 Å². The number of hydrogen-bond acceptors (Lipinski definition) is 3. The predicted octanol–water partition coefficient (Wildman–Crippen LogP) is 0.746. The van der Waals surface area contributed by atoms with Gasteiger partial charge in [-0.2, -0.15) is 0 Å². The Morgan fingerprint density at radius 1 is 1.31 bits per heavy atom.